The molecule has 1 amide bonds. The summed E-state index contributed by atoms with van der Waals surface area (Å²) in [6.45, 7) is 1.68. The molecule has 1 aromatic heterocycles. The SMILES string of the molecule is NC[C@H]1CCC[C@H]1C(=O)N1CCC(c2ncc(C(F)(F)F)[nH]2)CC1. The molecule has 5 nitrogen and oxygen atoms in total. The van der Waals surface area contributed by atoms with Crippen molar-refractivity contribution in [1.82, 2.24) is 14.9 Å². The summed E-state index contributed by atoms with van der Waals surface area (Å²) in [5.41, 5.74) is 4.94. The van der Waals surface area contributed by atoms with Crippen LogP contribution in [0.15, 0.2) is 6.20 Å². The number of alkyl halides is 3. The zero-order chi connectivity index (χ0) is 17.3. The van der Waals surface area contributed by atoms with E-state index in [0.717, 1.165) is 25.5 Å². The van der Waals surface area contributed by atoms with Crippen LogP contribution in [0.3, 0.4) is 0 Å². The van der Waals surface area contributed by atoms with Crippen molar-refractivity contribution in [3.05, 3.63) is 17.7 Å². The van der Waals surface area contributed by atoms with E-state index < -0.39 is 11.9 Å². The van der Waals surface area contributed by atoms with E-state index in [-0.39, 0.29) is 23.7 Å². The normalized spacial score (nSPS) is 26.1. The number of hydrogen-bond donors (Lipinski definition) is 2. The number of piperidine rings is 1. The van der Waals surface area contributed by atoms with Crippen LogP contribution in [0.1, 0.15) is 49.5 Å². The fourth-order valence-corrected chi connectivity index (χ4v) is 3.94. The third-order valence-corrected chi connectivity index (χ3v) is 5.37. The number of halogens is 3. The number of rotatable bonds is 3. The topological polar surface area (TPSA) is 75.0 Å². The molecular weight excluding hydrogens is 321 g/mol. The molecule has 1 saturated carbocycles. The van der Waals surface area contributed by atoms with Crippen LogP contribution in [0.2, 0.25) is 0 Å². The van der Waals surface area contributed by atoms with Gasteiger partial charge in [-0.05, 0) is 38.1 Å². The number of carbonyl (C=O) groups excluding carboxylic acids is 1. The average Bonchev–Trinajstić information content (AvgIpc) is 3.23. The standard InChI is InChI=1S/C16H23F3N4O/c17-16(18,19)13-9-21-14(22-13)10-4-6-23(7-5-10)15(24)12-3-1-2-11(12)8-20/h9-12H,1-8,20H2,(H,21,22)/t11-,12-/m1/s1. The molecule has 2 atom stereocenters. The average molecular weight is 344 g/mol. The summed E-state index contributed by atoms with van der Waals surface area (Å²) in [4.78, 5) is 20.8. The lowest BCUT2D eigenvalue weighted by Gasteiger charge is -2.34. The summed E-state index contributed by atoms with van der Waals surface area (Å²) in [7, 11) is 0. The van der Waals surface area contributed by atoms with E-state index in [9.17, 15) is 18.0 Å². The Balaban J connectivity index is 1.58. The second kappa shape index (κ2) is 6.74. The maximum absolute atomic E-state index is 12.6. The Morgan fingerprint density at radius 3 is 2.58 bits per heavy atom. The quantitative estimate of drug-likeness (QED) is 0.885. The van der Waals surface area contributed by atoms with E-state index in [1.165, 1.54) is 0 Å². The maximum atomic E-state index is 12.6. The molecule has 24 heavy (non-hydrogen) atoms. The molecule has 1 aliphatic heterocycles. The molecule has 1 aliphatic carbocycles. The van der Waals surface area contributed by atoms with Crippen molar-refractivity contribution >= 4 is 5.91 Å². The van der Waals surface area contributed by atoms with Crippen LogP contribution in [0.4, 0.5) is 13.2 Å². The second-order valence-corrected chi connectivity index (χ2v) is 6.81. The highest BCUT2D eigenvalue weighted by molar-refractivity contribution is 5.79. The Bertz CT molecular complexity index is 578. The molecule has 1 saturated heterocycles. The lowest BCUT2D eigenvalue weighted by atomic mass is 9.91. The highest BCUT2D eigenvalue weighted by Gasteiger charge is 2.37. The predicted octanol–water partition coefficient (Wildman–Crippen LogP) is 2.51. The number of H-pyrrole nitrogens is 1. The molecule has 0 radical (unpaired) electrons. The summed E-state index contributed by atoms with van der Waals surface area (Å²) in [5, 5.41) is 0. The first-order chi connectivity index (χ1) is 11.4. The first-order valence-corrected chi connectivity index (χ1v) is 8.51. The molecule has 3 N–H and O–H groups in total. The zero-order valence-corrected chi connectivity index (χ0v) is 13.5. The number of nitrogens with zero attached hydrogens (tertiary/aromatic N) is 2. The highest BCUT2D eigenvalue weighted by atomic mass is 19.4. The van der Waals surface area contributed by atoms with Gasteiger partial charge in [0.15, 0.2) is 0 Å². The van der Waals surface area contributed by atoms with Crippen molar-refractivity contribution in [3.8, 4) is 0 Å². The fraction of sp³-hybridized carbons (Fsp3) is 0.750. The van der Waals surface area contributed by atoms with Crippen LogP contribution in [0.25, 0.3) is 0 Å². The largest absolute Gasteiger partial charge is 0.432 e. The number of aromatic amines is 1. The molecule has 0 bridgehead atoms. The molecule has 2 aliphatic rings. The number of nitrogens with one attached hydrogen (secondary N) is 1. The first kappa shape index (κ1) is 17.3. The molecule has 2 fully saturated rings. The Hall–Kier alpha value is -1.57. The van der Waals surface area contributed by atoms with Crippen LogP contribution >= 0.6 is 0 Å². The summed E-state index contributed by atoms with van der Waals surface area (Å²) in [6.07, 6.45) is 0.664. The van der Waals surface area contributed by atoms with E-state index in [1.807, 2.05) is 4.90 Å². The van der Waals surface area contributed by atoms with Crippen LogP contribution in [0, 0.1) is 11.8 Å². The molecular formula is C16H23F3N4O. The number of amides is 1. The monoisotopic (exact) mass is 344 g/mol. The van der Waals surface area contributed by atoms with Crippen molar-refractivity contribution in [3.63, 3.8) is 0 Å². The minimum atomic E-state index is -4.40. The summed E-state index contributed by atoms with van der Waals surface area (Å²) in [5.74, 6) is 0.771. The van der Waals surface area contributed by atoms with Gasteiger partial charge in [-0.2, -0.15) is 13.2 Å². The molecule has 2 heterocycles. The zero-order valence-electron chi connectivity index (χ0n) is 13.5. The van der Waals surface area contributed by atoms with E-state index in [0.29, 0.717) is 38.3 Å². The van der Waals surface area contributed by atoms with Crippen LogP contribution in [-0.4, -0.2) is 40.4 Å². The number of imidazole rings is 1. The minimum absolute atomic E-state index is 0.0204. The van der Waals surface area contributed by atoms with Gasteiger partial charge in [0, 0.05) is 24.9 Å². The van der Waals surface area contributed by atoms with E-state index >= 15 is 0 Å². The number of nitrogens with two attached hydrogens (primary N) is 1. The van der Waals surface area contributed by atoms with Crippen molar-refractivity contribution in [2.75, 3.05) is 19.6 Å². The van der Waals surface area contributed by atoms with Gasteiger partial charge < -0.3 is 15.6 Å². The Kier molecular flexibility index (Phi) is 4.85. The summed E-state index contributed by atoms with van der Waals surface area (Å²) < 4.78 is 37.9. The number of aromatic nitrogens is 2. The molecule has 0 aromatic carbocycles. The summed E-state index contributed by atoms with van der Waals surface area (Å²) >= 11 is 0. The van der Waals surface area contributed by atoms with E-state index in [4.69, 9.17) is 5.73 Å². The highest BCUT2D eigenvalue weighted by Crippen LogP contribution is 2.35. The molecule has 0 unspecified atom stereocenters. The third-order valence-electron chi connectivity index (χ3n) is 5.37. The van der Waals surface area contributed by atoms with E-state index in [2.05, 4.69) is 9.97 Å². The van der Waals surface area contributed by atoms with Crippen LogP contribution < -0.4 is 5.73 Å². The molecule has 1 aromatic rings. The van der Waals surface area contributed by atoms with E-state index in [1.54, 1.807) is 0 Å². The lowest BCUT2D eigenvalue weighted by molar-refractivity contribution is -0.141. The molecule has 0 spiro atoms. The van der Waals surface area contributed by atoms with Crippen molar-refractivity contribution in [2.45, 2.75) is 44.2 Å². The summed E-state index contributed by atoms with van der Waals surface area (Å²) in [6, 6.07) is 0. The number of carbonyl (C=O) groups is 1. The Labute approximate surface area is 138 Å². The third kappa shape index (κ3) is 3.43. The molecule has 134 valence electrons. The Morgan fingerprint density at radius 1 is 1.29 bits per heavy atom. The van der Waals surface area contributed by atoms with Crippen molar-refractivity contribution in [2.24, 2.45) is 17.6 Å². The van der Waals surface area contributed by atoms with Crippen molar-refractivity contribution < 1.29 is 18.0 Å². The van der Waals surface area contributed by atoms with Gasteiger partial charge in [-0.15, -0.1) is 0 Å². The van der Waals surface area contributed by atoms with Gasteiger partial charge in [-0.3, -0.25) is 4.79 Å². The number of likely N-dealkylation sites (tertiary alicyclic amines) is 1. The fourth-order valence-electron chi connectivity index (χ4n) is 3.94. The van der Waals surface area contributed by atoms with Crippen molar-refractivity contribution in [1.29, 1.82) is 0 Å². The smallest absolute Gasteiger partial charge is 0.342 e. The molecule has 8 heteroatoms. The predicted molar refractivity (Wildman–Crippen MR) is 82.0 cm³/mol. The first-order valence-electron chi connectivity index (χ1n) is 8.51. The van der Waals surface area contributed by atoms with Gasteiger partial charge in [0.25, 0.3) is 0 Å². The van der Waals surface area contributed by atoms with Crippen LogP contribution in [0.5, 0.6) is 0 Å². The van der Waals surface area contributed by atoms with Gasteiger partial charge in [0.1, 0.15) is 11.5 Å². The van der Waals surface area contributed by atoms with Gasteiger partial charge >= 0.3 is 6.18 Å². The minimum Gasteiger partial charge on any atom is -0.342 e. The molecule has 3 rings (SSSR count). The number of hydrogen-bond acceptors (Lipinski definition) is 3. The Morgan fingerprint density at radius 2 is 2.00 bits per heavy atom. The maximum Gasteiger partial charge on any atom is 0.432 e. The van der Waals surface area contributed by atoms with Gasteiger partial charge in [-0.1, -0.05) is 6.42 Å². The van der Waals surface area contributed by atoms with Gasteiger partial charge in [-0.25, -0.2) is 4.98 Å². The van der Waals surface area contributed by atoms with Gasteiger partial charge in [0.2, 0.25) is 5.91 Å². The van der Waals surface area contributed by atoms with Gasteiger partial charge in [0.05, 0.1) is 6.20 Å². The second-order valence-electron chi connectivity index (χ2n) is 6.81. The van der Waals surface area contributed by atoms with Crippen LogP contribution in [-0.2, 0) is 11.0 Å². The lowest BCUT2D eigenvalue weighted by Crippen LogP contribution is -2.43.